The maximum Gasteiger partial charge on any atom is 0.416 e. The number of alkyl halides is 3. The summed E-state index contributed by atoms with van der Waals surface area (Å²) in [4.78, 5) is 23.3. The van der Waals surface area contributed by atoms with Gasteiger partial charge in [0.05, 0.1) is 12.7 Å². The fourth-order valence-corrected chi connectivity index (χ4v) is 2.23. The number of hydrogen-bond acceptors (Lipinski definition) is 3. The molecule has 0 aliphatic carbocycles. The first kappa shape index (κ1) is 18.5. The minimum atomic E-state index is -4.56. The minimum absolute atomic E-state index is 0.0676. The van der Waals surface area contributed by atoms with Crippen molar-refractivity contribution in [1.82, 2.24) is 5.32 Å². The molecule has 0 saturated heterocycles. The molecule has 0 radical (unpaired) electrons. The van der Waals surface area contributed by atoms with E-state index in [9.17, 15) is 22.8 Å². The molecule has 7 heteroatoms. The van der Waals surface area contributed by atoms with Crippen LogP contribution in [0.15, 0.2) is 42.5 Å². The SMILES string of the molecule is COc1ccc(CNC(=O)c2ccc(C(C)=O)cc2)c(C(F)(F)F)c1. The summed E-state index contributed by atoms with van der Waals surface area (Å²) in [6, 6.07) is 9.44. The van der Waals surface area contributed by atoms with E-state index in [4.69, 9.17) is 4.74 Å². The number of halogens is 3. The number of benzene rings is 2. The van der Waals surface area contributed by atoms with Crippen LogP contribution in [0.1, 0.15) is 38.8 Å². The maximum atomic E-state index is 13.1. The van der Waals surface area contributed by atoms with Crippen LogP contribution in [-0.2, 0) is 12.7 Å². The van der Waals surface area contributed by atoms with Crippen LogP contribution in [0.2, 0.25) is 0 Å². The Bertz CT molecular complexity index is 783. The molecule has 2 aromatic carbocycles. The zero-order valence-corrected chi connectivity index (χ0v) is 13.6. The van der Waals surface area contributed by atoms with E-state index in [-0.39, 0.29) is 29.2 Å². The Balaban J connectivity index is 2.15. The van der Waals surface area contributed by atoms with Crippen LogP contribution >= 0.6 is 0 Å². The highest BCUT2D eigenvalue weighted by Gasteiger charge is 2.33. The van der Waals surface area contributed by atoms with Crippen molar-refractivity contribution in [2.24, 2.45) is 0 Å². The topological polar surface area (TPSA) is 55.4 Å². The quantitative estimate of drug-likeness (QED) is 0.833. The van der Waals surface area contributed by atoms with Crippen LogP contribution < -0.4 is 10.1 Å². The van der Waals surface area contributed by atoms with Crippen LogP contribution in [0.25, 0.3) is 0 Å². The largest absolute Gasteiger partial charge is 0.497 e. The molecule has 0 aromatic heterocycles. The molecule has 4 nitrogen and oxygen atoms in total. The highest BCUT2D eigenvalue weighted by Crippen LogP contribution is 2.34. The molecular weight excluding hydrogens is 335 g/mol. The average molecular weight is 351 g/mol. The number of methoxy groups -OCH3 is 1. The molecule has 25 heavy (non-hydrogen) atoms. The summed E-state index contributed by atoms with van der Waals surface area (Å²) in [6.45, 7) is 1.11. The van der Waals surface area contributed by atoms with Gasteiger partial charge in [0, 0.05) is 17.7 Å². The van der Waals surface area contributed by atoms with Crippen LogP contribution in [0.5, 0.6) is 5.75 Å². The summed E-state index contributed by atoms with van der Waals surface area (Å²) in [5.74, 6) is -0.582. The van der Waals surface area contributed by atoms with Crippen molar-refractivity contribution in [3.05, 3.63) is 64.7 Å². The van der Waals surface area contributed by atoms with Crippen molar-refractivity contribution in [3.63, 3.8) is 0 Å². The van der Waals surface area contributed by atoms with Gasteiger partial charge in [0.25, 0.3) is 5.91 Å². The van der Waals surface area contributed by atoms with Crippen molar-refractivity contribution in [2.75, 3.05) is 7.11 Å². The number of ether oxygens (including phenoxy) is 1. The molecule has 132 valence electrons. The van der Waals surface area contributed by atoms with Crippen LogP contribution in [0.3, 0.4) is 0 Å². The number of rotatable bonds is 5. The molecule has 2 aromatic rings. The van der Waals surface area contributed by atoms with Gasteiger partial charge in [-0.3, -0.25) is 9.59 Å². The number of hydrogen-bond donors (Lipinski definition) is 1. The standard InChI is InChI=1S/C18H16F3NO3/c1-11(23)12-3-5-13(6-4-12)17(24)22-10-14-7-8-15(25-2)9-16(14)18(19,20)21/h3-9H,10H2,1-2H3,(H,22,24). The highest BCUT2D eigenvalue weighted by atomic mass is 19.4. The van der Waals surface area contributed by atoms with Crippen molar-refractivity contribution in [1.29, 1.82) is 0 Å². The average Bonchev–Trinajstić information content (AvgIpc) is 2.58. The minimum Gasteiger partial charge on any atom is -0.497 e. The van der Waals surface area contributed by atoms with Gasteiger partial charge in [-0.1, -0.05) is 18.2 Å². The number of carbonyl (C=O) groups excluding carboxylic acids is 2. The predicted molar refractivity (Wildman–Crippen MR) is 85.6 cm³/mol. The second-order valence-electron chi connectivity index (χ2n) is 5.34. The van der Waals surface area contributed by atoms with Crippen molar-refractivity contribution in [3.8, 4) is 5.75 Å². The normalized spacial score (nSPS) is 11.1. The van der Waals surface area contributed by atoms with Gasteiger partial charge in [0.1, 0.15) is 5.75 Å². The molecule has 0 saturated carbocycles. The molecule has 0 bridgehead atoms. The molecule has 0 unspecified atom stereocenters. The lowest BCUT2D eigenvalue weighted by atomic mass is 10.1. The number of nitrogens with one attached hydrogen (secondary N) is 1. The Morgan fingerprint density at radius 3 is 2.16 bits per heavy atom. The van der Waals surface area contributed by atoms with Crippen molar-refractivity contribution < 1.29 is 27.5 Å². The number of carbonyl (C=O) groups is 2. The summed E-state index contributed by atoms with van der Waals surface area (Å²) < 4.78 is 44.2. The first-order valence-electron chi connectivity index (χ1n) is 7.35. The molecule has 0 heterocycles. The van der Waals surface area contributed by atoms with Gasteiger partial charge in [0.2, 0.25) is 0 Å². The Labute approximate surface area is 142 Å². The second kappa shape index (κ2) is 7.38. The lowest BCUT2D eigenvalue weighted by Crippen LogP contribution is -2.24. The molecule has 2 rings (SSSR count). The molecule has 0 atom stereocenters. The van der Waals surface area contributed by atoms with E-state index in [1.54, 1.807) is 0 Å². The van der Waals surface area contributed by atoms with Crippen LogP contribution in [0, 0.1) is 0 Å². The summed E-state index contributed by atoms with van der Waals surface area (Å²) >= 11 is 0. The third kappa shape index (κ3) is 4.59. The Morgan fingerprint density at radius 1 is 1.04 bits per heavy atom. The first-order chi connectivity index (χ1) is 11.7. The summed E-state index contributed by atoms with van der Waals surface area (Å²) in [5.41, 5.74) is -0.223. The van der Waals surface area contributed by atoms with E-state index < -0.39 is 17.6 Å². The molecule has 1 N–H and O–H groups in total. The summed E-state index contributed by atoms with van der Waals surface area (Å²) in [6.07, 6.45) is -4.56. The third-order valence-corrected chi connectivity index (χ3v) is 3.62. The monoisotopic (exact) mass is 351 g/mol. The predicted octanol–water partition coefficient (Wildman–Crippen LogP) is 3.85. The van der Waals surface area contributed by atoms with Crippen LogP contribution in [0.4, 0.5) is 13.2 Å². The smallest absolute Gasteiger partial charge is 0.416 e. The zero-order valence-electron chi connectivity index (χ0n) is 13.6. The summed E-state index contributed by atoms with van der Waals surface area (Å²) in [7, 11) is 1.28. The molecule has 0 fully saturated rings. The second-order valence-corrected chi connectivity index (χ2v) is 5.34. The summed E-state index contributed by atoms with van der Waals surface area (Å²) in [5, 5.41) is 2.45. The Hall–Kier alpha value is -2.83. The Morgan fingerprint density at radius 2 is 1.64 bits per heavy atom. The molecule has 0 aliphatic heterocycles. The van der Waals surface area contributed by atoms with E-state index in [0.29, 0.717) is 5.56 Å². The van der Waals surface area contributed by atoms with Gasteiger partial charge in [-0.05, 0) is 36.8 Å². The van der Waals surface area contributed by atoms with Crippen molar-refractivity contribution in [2.45, 2.75) is 19.6 Å². The number of amides is 1. The lowest BCUT2D eigenvalue weighted by Gasteiger charge is -2.15. The fourth-order valence-electron chi connectivity index (χ4n) is 2.23. The van der Waals surface area contributed by atoms with Gasteiger partial charge in [0.15, 0.2) is 5.78 Å². The third-order valence-electron chi connectivity index (χ3n) is 3.62. The van der Waals surface area contributed by atoms with Crippen molar-refractivity contribution >= 4 is 11.7 Å². The van der Waals surface area contributed by atoms with E-state index in [1.165, 1.54) is 50.4 Å². The first-order valence-corrected chi connectivity index (χ1v) is 7.35. The molecule has 0 aliphatic rings. The Kier molecular flexibility index (Phi) is 5.46. The molecule has 0 spiro atoms. The van der Waals surface area contributed by atoms with Gasteiger partial charge in [-0.25, -0.2) is 0 Å². The van der Waals surface area contributed by atoms with E-state index >= 15 is 0 Å². The van der Waals surface area contributed by atoms with Gasteiger partial charge >= 0.3 is 6.18 Å². The zero-order chi connectivity index (χ0) is 18.6. The lowest BCUT2D eigenvalue weighted by molar-refractivity contribution is -0.138. The van der Waals surface area contributed by atoms with Gasteiger partial charge < -0.3 is 10.1 Å². The van der Waals surface area contributed by atoms with E-state index in [0.717, 1.165) is 6.07 Å². The number of ketones is 1. The van der Waals surface area contributed by atoms with E-state index in [2.05, 4.69) is 5.32 Å². The van der Waals surface area contributed by atoms with Gasteiger partial charge in [-0.2, -0.15) is 13.2 Å². The fraction of sp³-hybridized carbons (Fsp3) is 0.222. The molecular formula is C18H16F3NO3. The highest BCUT2D eigenvalue weighted by molar-refractivity contribution is 5.97. The molecule has 1 amide bonds. The van der Waals surface area contributed by atoms with Crippen LogP contribution in [-0.4, -0.2) is 18.8 Å². The van der Waals surface area contributed by atoms with Gasteiger partial charge in [-0.15, -0.1) is 0 Å². The van der Waals surface area contributed by atoms with E-state index in [1.807, 2.05) is 0 Å². The number of Topliss-reactive ketones (excluding diaryl/α,β-unsaturated/α-hetero) is 1. The maximum absolute atomic E-state index is 13.1.